The molecular weight excluding hydrogens is 254 g/mol. The van der Waals surface area contributed by atoms with Crippen molar-refractivity contribution >= 4 is 11.6 Å². The molecule has 0 saturated heterocycles. The molecule has 0 bridgehead atoms. The minimum atomic E-state index is -0.149. The van der Waals surface area contributed by atoms with Gasteiger partial charge in [0, 0.05) is 11.3 Å². The van der Waals surface area contributed by atoms with Gasteiger partial charge in [-0.25, -0.2) is 4.98 Å². The molecule has 2 aromatic rings. The predicted molar refractivity (Wildman–Crippen MR) is 76.9 cm³/mol. The molecule has 0 atom stereocenters. The van der Waals surface area contributed by atoms with Crippen molar-refractivity contribution in [1.82, 2.24) is 20.5 Å². The third-order valence-electron chi connectivity index (χ3n) is 2.51. The fourth-order valence-corrected chi connectivity index (χ4v) is 1.66. The third-order valence-corrected chi connectivity index (χ3v) is 2.51. The van der Waals surface area contributed by atoms with Crippen LogP contribution in [-0.4, -0.2) is 34.2 Å². The summed E-state index contributed by atoms with van der Waals surface area (Å²) in [6, 6.07) is 7.35. The van der Waals surface area contributed by atoms with Crippen LogP contribution in [0.2, 0.25) is 0 Å². The van der Waals surface area contributed by atoms with Crippen molar-refractivity contribution in [2.45, 2.75) is 6.92 Å². The Balaban J connectivity index is 2.03. The number of benzene rings is 1. The number of nitrogens with one attached hydrogen (secondary N) is 3. The zero-order valence-electron chi connectivity index (χ0n) is 11.1. The molecule has 3 N–H and O–H groups in total. The van der Waals surface area contributed by atoms with Crippen molar-refractivity contribution in [1.29, 1.82) is 0 Å². The second-order valence-electron chi connectivity index (χ2n) is 4.18. The number of anilines is 1. The summed E-state index contributed by atoms with van der Waals surface area (Å²) >= 11 is 0. The molecule has 0 aliphatic carbocycles. The van der Waals surface area contributed by atoms with Gasteiger partial charge in [-0.1, -0.05) is 18.1 Å². The van der Waals surface area contributed by atoms with Crippen LogP contribution in [0.25, 0.3) is 11.4 Å². The van der Waals surface area contributed by atoms with Crippen LogP contribution in [0, 0.1) is 19.3 Å². The van der Waals surface area contributed by atoms with Crippen molar-refractivity contribution in [3.8, 4) is 23.7 Å². The first-order chi connectivity index (χ1) is 9.69. The minimum absolute atomic E-state index is 0.149. The Morgan fingerprint density at radius 3 is 3.05 bits per heavy atom. The standard InChI is InChI=1S/C14H15N5O/c1-3-7-15-9-13(20)17-12-6-4-5-11(8-12)14-16-10(2)18-19-14/h1,4-6,8,15H,7,9H2,2H3,(H,17,20)(H,16,18,19). The van der Waals surface area contributed by atoms with Gasteiger partial charge in [0.15, 0.2) is 5.82 Å². The maximum atomic E-state index is 11.7. The highest BCUT2D eigenvalue weighted by Crippen LogP contribution is 2.19. The predicted octanol–water partition coefficient (Wildman–Crippen LogP) is 0.941. The van der Waals surface area contributed by atoms with Crippen molar-refractivity contribution in [2.75, 3.05) is 18.4 Å². The molecule has 0 aliphatic heterocycles. The zero-order valence-corrected chi connectivity index (χ0v) is 11.1. The lowest BCUT2D eigenvalue weighted by Crippen LogP contribution is -2.28. The summed E-state index contributed by atoms with van der Waals surface area (Å²) in [7, 11) is 0. The first kappa shape index (κ1) is 13.8. The minimum Gasteiger partial charge on any atom is -0.325 e. The molecule has 0 fully saturated rings. The Bertz CT molecular complexity index is 641. The summed E-state index contributed by atoms with van der Waals surface area (Å²) in [5, 5.41) is 12.5. The van der Waals surface area contributed by atoms with Crippen LogP contribution >= 0.6 is 0 Å². The van der Waals surface area contributed by atoms with E-state index in [1.165, 1.54) is 0 Å². The molecule has 0 radical (unpaired) electrons. The van der Waals surface area contributed by atoms with E-state index in [4.69, 9.17) is 6.42 Å². The van der Waals surface area contributed by atoms with Crippen LogP contribution in [0.3, 0.4) is 0 Å². The van der Waals surface area contributed by atoms with E-state index in [1.54, 1.807) is 0 Å². The zero-order chi connectivity index (χ0) is 14.4. The number of nitrogens with zero attached hydrogens (tertiary/aromatic N) is 2. The number of carbonyl (C=O) groups is 1. The highest BCUT2D eigenvalue weighted by atomic mass is 16.1. The monoisotopic (exact) mass is 269 g/mol. The van der Waals surface area contributed by atoms with Crippen LogP contribution in [0.5, 0.6) is 0 Å². The summed E-state index contributed by atoms with van der Waals surface area (Å²) < 4.78 is 0. The molecule has 0 unspecified atom stereocenters. The van der Waals surface area contributed by atoms with Gasteiger partial charge in [-0.2, -0.15) is 5.10 Å². The number of H-pyrrole nitrogens is 1. The first-order valence-corrected chi connectivity index (χ1v) is 6.12. The van der Waals surface area contributed by atoms with Crippen LogP contribution in [0.4, 0.5) is 5.69 Å². The molecule has 1 aromatic heterocycles. The Morgan fingerprint density at radius 2 is 2.35 bits per heavy atom. The van der Waals surface area contributed by atoms with Gasteiger partial charge in [0.05, 0.1) is 13.1 Å². The number of aromatic amines is 1. The molecule has 6 nitrogen and oxygen atoms in total. The molecule has 102 valence electrons. The van der Waals surface area contributed by atoms with Crippen molar-refractivity contribution in [3.05, 3.63) is 30.1 Å². The van der Waals surface area contributed by atoms with E-state index in [9.17, 15) is 4.79 Å². The van der Waals surface area contributed by atoms with Gasteiger partial charge in [-0.3, -0.25) is 15.2 Å². The van der Waals surface area contributed by atoms with E-state index in [1.807, 2.05) is 31.2 Å². The average molecular weight is 269 g/mol. The SMILES string of the molecule is C#CCNCC(=O)Nc1cccc(-c2n[nH]c(C)n2)c1. The number of amides is 1. The highest BCUT2D eigenvalue weighted by Gasteiger charge is 2.06. The van der Waals surface area contributed by atoms with Crippen molar-refractivity contribution < 1.29 is 4.79 Å². The summed E-state index contributed by atoms with van der Waals surface area (Å²) in [6.45, 7) is 2.37. The maximum absolute atomic E-state index is 11.7. The molecule has 1 amide bonds. The molecule has 1 heterocycles. The van der Waals surface area contributed by atoms with Gasteiger partial charge >= 0.3 is 0 Å². The number of hydrogen-bond donors (Lipinski definition) is 3. The Labute approximate surface area is 117 Å². The molecule has 0 aliphatic rings. The van der Waals surface area contributed by atoms with Crippen LogP contribution in [0.1, 0.15) is 5.82 Å². The fraction of sp³-hybridized carbons (Fsp3) is 0.214. The molecule has 20 heavy (non-hydrogen) atoms. The van der Waals surface area contributed by atoms with E-state index in [2.05, 4.69) is 31.7 Å². The van der Waals surface area contributed by atoms with Gasteiger partial charge in [0.1, 0.15) is 5.82 Å². The topological polar surface area (TPSA) is 82.7 Å². The normalized spacial score (nSPS) is 10.0. The first-order valence-electron chi connectivity index (χ1n) is 6.12. The van der Waals surface area contributed by atoms with Gasteiger partial charge in [-0.15, -0.1) is 6.42 Å². The van der Waals surface area contributed by atoms with Crippen LogP contribution < -0.4 is 10.6 Å². The van der Waals surface area contributed by atoms with Gasteiger partial charge in [-0.05, 0) is 19.1 Å². The van der Waals surface area contributed by atoms with E-state index in [0.29, 0.717) is 18.1 Å². The quantitative estimate of drug-likeness (QED) is 0.557. The van der Waals surface area contributed by atoms with E-state index in [0.717, 1.165) is 11.4 Å². The molecule has 0 saturated carbocycles. The van der Waals surface area contributed by atoms with E-state index in [-0.39, 0.29) is 12.5 Å². The lowest BCUT2D eigenvalue weighted by molar-refractivity contribution is -0.115. The number of rotatable bonds is 5. The number of carbonyl (C=O) groups excluding carboxylic acids is 1. The lowest BCUT2D eigenvalue weighted by atomic mass is 10.2. The molecule has 1 aromatic carbocycles. The Kier molecular flexibility index (Phi) is 4.47. The van der Waals surface area contributed by atoms with E-state index >= 15 is 0 Å². The molecule has 0 spiro atoms. The van der Waals surface area contributed by atoms with Crippen molar-refractivity contribution in [2.24, 2.45) is 0 Å². The van der Waals surface area contributed by atoms with Crippen LogP contribution in [-0.2, 0) is 4.79 Å². The Hall–Kier alpha value is -2.65. The number of aryl methyl sites for hydroxylation is 1. The maximum Gasteiger partial charge on any atom is 0.238 e. The summed E-state index contributed by atoms with van der Waals surface area (Å²) in [6.07, 6.45) is 5.09. The van der Waals surface area contributed by atoms with Gasteiger partial charge < -0.3 is 5.32 Å². The average Bonchev–Trinajstić information content (AvgIpc) is 2.86. The molecule has 2 rings (SSSR count). The smallest absolute Gasteiger partial charge is 0.238 e. The highest BCUT2D eigenvalue weighted by molar-refractivity contribution is 5.92. The second kappa shape index (κ2) is 6.50. The van der Waals surface area contributed by atoms with E-state index < -0.39 is 0 Å². The molecular formula is C14H15N5O. The van der Waals surface area contributed by atoms with Crippen molar-refractivity contribution in [3.63, 3.8) is 0 Å². The third kappa shape index (κ3) is 3.67. The summed E-state index contributed by atoms with van der Waals surface area (Å²) in [5.74, 6) is 3.60. The van der Waals surface area contributed by atoms with Gasteiger partial charge in [0.2, 0.25) is 5.91 Å². The summed E-state index contributed by atoms with van der Waals surface area (Å²) in [5.41, 5.74) is 1.53. The fourth-order valence-electron chi connectivity index (χ4n) is 1.66. The number of hydrogen-bond acceptors (Lipinski definition) is 4. The largest absolute Gasteiger partial charge is 0.325 e. The van der Waals surface area contributed by atoms with Gasteiger partial charge in [0.25, 0.3) is 0 Å². The summed E-state index contributed by atoms with van der Waals surface area (Å²) in [4.78, 5) is 15.9. The molecule has 6 heteroatoms. The Morgan fingerprint density at radius 1 is 1.50 bits per heavy atom. The number of terminal acetylenes is 1. The second-order valence-corrected chi connectivity index (χ2v) is 4.18. The van der Waals surface area contributed by atoms with Crippen LogP contribution in [0.15, 0.2) is 24.3 Å². The number of aromatic nitrogens is 3. The lowest BCUT2D eigenvalue weighted by Gasteiger charge is -2.06.